The Labute approximate surface area is 202 Å². The molecule has 0 atom stereocenters. The van der Waals surface area contributed by atoms with Crippen molar-refractivity contribution in [2.24, 2.45) is 0 Å². The number of allylic oxidation sites excluding steroid dienone is 4. The van der Waals surface area contributed by atoms with Crippen LogP contribution in [0.4, 0.5) is 0 Å². The fourth-order valence-electron chi connectivity index (χ4n) is 4.05. The van der Waals surface area contributed by atoms with Crippen LogP contribution in [0.2, 0.25) is 0 Å². The highest BCUT2D eigenvalue weighted by Crippen LogP contribution is 2.49. The maximum atomic E-state index is 13.6. The molecule has 4 heteroatoms. The molecule has 0 radical (unpaired) electrons. The highest BCUT2D eigenvalue weighted by Gasteiger charge is 2.32. The summed E-state index contributed by atoms with van der Waals surface area (Å²) in [5.41, 5.74) is 0. The summed E-state index contributed by atoms with van der Waals surface area (Å²) < 4.78 is 0. The van der Waals surface area contributed by atoms with Crippen molar-refractivity contribution >= 4 is 48.6 Å². The molecule has 34 heavy (non-hydrogen) atoms. The average Bonchev–Trinajstić information content (AvgIpc) is 2.90. The molecule has 0 saturated carbocycles. The zero-order valence-electron chi connectivity index (χ0n) is 18.4. The van der Waals surface area contributed by atoms with Crippen molar-refractivity contribution < 1.29 is 9.59 Å². The van der Waals surface area contributed by atoms with E-state index in [2.05, 4.69) is 0 Å². The van der Waals surface area contributed by atoms with Gasteiger partial charge >= 0.3 is 0 Å². The predicted octanol–water partition coefficient (Wildman–Crippen LogP) is 5.17. The number of carbonyl (C=O) groups is 2. The van der Waals surface area contributed by atoms with Crippen molar-refractivity contribution in [3.05, 3.63) is 144 Å². The number of carbonyl (C=O) groups excluding carboxylic acids is 2. The van der Waals surface area contributed by atoms with Gasteiger partial charge in [-0.2, -0.15) is 0 Å². The van der Waals surface area contributed by atoms with E-state index >= 15 is 0 Å². The Morgan fingerprint density at radius 1 is 0.353 bits per heavy atom. The molecule has 0 bridgehead atoms. The summed E-state index contributed by atoms with van der Waals surface area (Å²) in [5.74, 6) is -0.152. The quantitative estimate of drug-likeness (QED) is 0.284. The van der Waals surface area contributed by atoms with E-state index in [0.717, 1.165) is 21.2 Å². The Morgan fingerprint density at radius 2 is 0.588 bits per heavy atom. The largest absolute Gasteiger partial charge is 0.289 e. The fraction of sp³-hybridized carbons (Fsp3) is 0. The van der Waals surface area contributed by atoms with Gasteiger partial charge in [0.25, 0.3) is 0 Å². The topological polar surface area (TPSA) is 34.1 Å². The smallest absolute Gasteiger partial charge is 0.187 e. The van der Waals surface area contributed by atoms with Crippen LogP contribution in [0.3, 0.4) is 0 Å². The molecular formula is C30H22O2P2. The lowest BCUT2D eigenvalue weighted by Crippen LogP contribution is -2.23. The van der Waals surface area contributed by atoms with Crippen LogP contribution in [0.5, 0.6) is 0 Å². The Bertz CT molecular complexity index is 1170. The minimum Gasteiger partial charge on any atom is -0.289 e. The Balaban J connectivity index is 1.59. The molecule has 0 unspecified atom stereocenters. The van der Waals surface area contributed by atoms with Gasteiger partial charge in [0.15, 0.2) is 11.6 Å². The van der Waals surface area contributed by atoms with Gasteiger partial charge in [-0.25, -0.2) is 0 Å². The third-order valence-electron chi connectivity index (χ3n) is 5.58. The van der Waals surface area contributed by atoms with Gasteiger partial charge in [0.05, 0.1) is 0 Å². The first kappa shape index (κ1) is 22.4. The Hall–Kier alpha value is -3.44. The molecule has 0 heterocycles. The summed E-state index contributed by atoms with van der Waals surface area (Å²) in [4.78, 5) is 27.3. The first-order valence-electron chi connectivity index (χ1n) is 11.0. The van der Waals surface area contributed by atoms with Gasteiger partial charge in [0, 0.05) is 10.6 Å². The molecule has 0 N–H and O–H groups in total. The minimum atomic E-state index is -1.13. The first-order chi connectivity index (χ1) is 16.7. The summed E-state index contributed by atoms with van der Waals surface area (Å²) in [6.07, 6.45) is 3.20. The summed E-state index contributed by atoms with van der Waals surface area (Å²) in [6, 6.07) is 40.0. The van der Waals surface area contributed by atoms with Crippen LogP contribution < -0.4 is 21.2 Å². The maximum Gasteiger partial charge on any atom is 0.187 e. The van der Waals surface area contributed by atoms with Crippen molar-refractivity contribution in [3.8, 4) is 0 Å². The summed E-state index contributed by atoms with van der Waals surface area (Å²) in [5, 5.41) is 5.39. The number of hydrogen-bond acceptors (Lipinski definition) is 2. The second kappa shape index (κ2) is 10.2. The van der Waals surface area contributed by atoms with Crippen LogP contribution >= 0.6 is 15.8 Å². The Morgan fingerprint density at radius 3 is 0.824 bits per heavy atom. The van der Waals surface area contributed by atoms with Crippen LogP contribution in [0.15, 0.2) is 144 Å². The van der Waals surface area contributed by atoms with Gasteiger partial charge < -0.3 is 0 Å². The van der Waals surface area contributed by atoms with Crippen LogP contribution in [0.25, 0.3) is 0 Å². The molecule has 0 amide bonds. The molecule has 0 fully saturated rings. The van der Waals surface area contributed by atoms with Crippen molar-refractivity contribution in [1.82, 2.24) is 0 Å². The monoisotopic (exact) mass is 476 g/mol. The lowest BCUT2D eigenvalue weighted by molar-refractivity contribution is -0.114. The molecule has 5 rings (SSSR count). The third-order valence-corrected chi connectivity index (χ3v) is 10.5. The zero-order valence-corrected chi connectivity index (χ0v) is 20.2. The van der Waals surface area contributed by atoms with Crippen LogP contribution in [0, 0.1) is 0 Å². The van der Waals surface area contributed by atoms with Crippen LogP contribution in [-0.4, -0.2) is 11.6 Å². The fourth-order valence-corrected chi connectivity index (χ4v) is 8.70. The van der Waals surface area contributed by atoms with Gasteiger partial charge in [0.1, 0.15) is 0 Å². The summed E-state index contributed by atoms with van der Waals surface area (Å²) >= 11 is 0. The molecule has 0 saturated heterocycles. The molecule has 2 nitrogen and oxygen atoms in total. The van der Waals surface area contributed by atoms with Crippen molar-refractivity contribution in [2.45, 2.75) is 0 Å². The van der Waals surface area contributed by atoms with E-state index in [1.165, 1.54) is 0 Å². The molecule has 4 aromatic rings. The number of ketones is 2. The molecule has 0 spiro atoms. The van der Waals surface area contributed by atoms with Gasteiger partial charge in [-0.3, -0.25) is 9.59 Å². The van der Waals surface area contributed by atoms with E-state index in [1.807, 2.05) is 121 Å². The molecule has 1 aliphatic carbocycles. The van der Waals surface area contributed by atoms with Crippen molar-refractivity contribution in [2.75, 3.05) is 0 Å². The number of hydrogen-bond donors (Lipinski definition) is 0. The second-order valence-electron chi connectivity index (χ2n) is 7.80. The average molecular weight is 476 g/mol. The van der Waals surface area contributed by atoms with Gasteiger partial charge in [0.2, 0.25) is 0 Å². The maximum absolute atomic E-state index is 13.6. The molecule has 4 aromatic carbocycles. The molecule has 0 aliphatic heterocycles. The standard InChI is InChI=1S/C30H22O2P2/c31-27-22-30(34(25-17-9-3-10-18-25)26-19-11-4-12-20-26)28(32)21-29(27)33(23-13-5-1-6-14-23)24-15-7-2-8-16-24/h1-22H. The zero-order chi connectivity index (χ0) is 23.3. The first-order valence-corrected chi connectivity index (χ1v) is 13.7. The minimum absolute atomic E-state index is 0.0761. The number of benzene rings is 4. The van der Waals surface area contributed by atoms with Gasteiger partial charge in [-0.15, -0.1) is 0 Å². The van der Waals surface area contributed by atoms with E-state index in [0.29, 0.717) is 10.6 Å². The summed E-state index contributed by atoms with van der Waals surface area (Å²) in [6.45, 7) is 0. The molecule has 1 aliphatic rings. The van der Waals surface area contributed by atoms with Crippen molar-refractivity contribution in [3.63, 3.8) is 0 Å². The van der Waals surface area contributed by atoms with Crippen LogP contribution in [0.1, 0.15) is 0 Å². The van der Waals surface area contributed by atoms with E-state index in [4.69, 9.17) is 0 Å². The summed E-state index contributed by atoms with van der Waals surface area (Å²) in [7, 11) is -2.26. The third kappa shape index (κ3) is 4.62. The lowest BCUT2D eigenvalue weighted by Gasteiger charge is -2.26. The van der Waals surface area contributed by atoms with E-state index in [1.54, 1.807) is 12.2 Å². The normalized spacial score (nSPS) is 13.7. The van der Waals surface area contributed by atoms with Crippen molar-refractivity contribution in [1.29, 1.82) is 0 Å². The van der Waals surface area contributed by atoms with Crippen LogP contribution in [-0.2, 0) is 9.59 Å². The van der Waals surface area contributed by atoms with Gasteiger partial charge in [-0.05, 0) is 49.2 Å². The molecule has 164 valence electrons. The molecular weight excluding hydrogens is 454 g/mol. The SMILES string of the molecule is O=C1C=C(P(c2ccccc2)c2ccccc2)C(=O)C=C1P(c1ccccc1)c1ccccc1. The predicted molar refractivity (Wildman–Crippen MR) is 144 cm³/mol. The van der Waals surface area contributed by atoms with E-state index in [-0.39, 0.29) is 11.6 Å². The van der Waals surface area contributed by atoms with E-state index < -0.39 is 15.8 Å². The Kier molecular flexibility index (Phi) is 6.72. The highest BCUT2D eigenvalue weighted by molar-refractivity contribution is 7.79. The lowest BCUT2D eigenvalue weighted by atomic mass is 10.2. The second-order valence-corrected chi connectivity index (χ2v) is 12.2. The molecule has 0 aromatic heterocycles. The highest BCUT2D eigenvalue weighted by atomic mass is 31.1. The van der Waals surface area contributed by atoms with Gasteiger partial charge in [-0.1, -0.05) is 121 Å². The number of rotatable bonds is 6. The van der Waals surface area contributed by atoms with E-state index in [9.17, 15) is 9.59 Å².